The van der Waals surface area contributed by atoms with Gasteiger partial charge < -0.3 is 10.4 Å². The third-order valence-corrected chi connectivity index (χ3v) is 2.20. The van der Waals surface area contributed by atoms with E-state index in [9.17, 15) is 13.6 Å². The third kappa shape index (κ3) is 2.60. The molecule has 1 aromatic carbocycles. The Bertz CT molecular complexity index is 602. The molecule has 0 aliphatic rings. The molecule has 2 rings (SSSR count). The summed E-state index contributed by atoms with van der Waals surface area (Å²) in [5.41, 5.74) is 0.323. The zero-order valence-corrected chi connectivity index (χ0v) is 9.02. The highest BCUT2D eigenvalue weighted by Gasteiger charge is 2.07. The van der Waals surface area contributed by atoms with Crippen molar-refractivity contribution in [2.45, 2.75) is 0 Å². The van der Waals surface area contributed by atoms with E-state index >= 15 is 0 Å². The number of rotatable bonds is 3. The van der Waals surface area contributed by atoms with Crippen LogP contribution >= 0.6 is 0 Å². The molecule has 1 aromatic heterocycles. The number of anilines is 2. The second-order valence-electron chi connectivity index (χ2n) is 3.52. The van der Waals surface area contributed by atoms with Crippen LogP contribution in [0, 0.1) is 11.6 Å². The fraction of sp³-hybridized carbons (Fsp3) is 0. The second-order valence-corrected chi connectivity index (χ2v) is 3.52. The largest absolute Gasteiger partial charge is 0.478 e. The molecule has 0 saturated carbocycles. The lowest BCUT2D eigenvalue weighted by molar-refractivity contribution is 0.0696. The highest BCUT2D eigenvalue weighted by molar-refractivity contribution is 5.88. The number of carboxylic acids is 1. The maximum Gasteiger partial charge on any atom is 0.337 e. The van der Waals surface area contributed by atoms with Crippen molar-refractivity contribution in [3.05, 3.63) is 53.9 Å². The number of nitrogens with one attached hydrogen (secondary N) is 1. The van der Waals surface area contributed by atoms with Crippen molar-refractivity contribution < 1.29 is 18.7 Å². The molecule has 0 aliphatic carbocycles. The topological polar surface area (TPSA) is 62.2 Å². The molecular weight excluding hydrogens is 242 g/mol. The van der Waals surface area contributed by atoms with Crippen LogP contribution in [0.1, 0.15) is 10.4 Å². The number of carboxylic acid groups (broad SMARTS) is 1. The summed E-state index contributed by atoms with van der Waals surface area (Å²) in [6.07, 6.45) is 2.52. The van der Waals surface area contributed by atoms with E-state index < -0.39 is 17.6 Å². The van der Waals surface area contributed by atoms with Crippen LogP contribution in [0.4, 0.5) is 20.2 Å². The van der Waals surface area contributed by atoms with E-state index in [4.69, 9.17) is 5.11 Å². The van der Waals surface area contributed by atoms with Gasteiger partial charge in [0.15, 0.2) is 0 Å². The number of aromatic nitrogens is 1. The monoisotopic (exact) mass is 250 g/mol. The fourth-order valence-corrected chi connectivity index (χ4v) is 1.37. The summed E-state index contributed by atoms with van der Waals surface area (Å²) in [6.45, 7) is 0. The van der Waals surface area contributed by atoms with Gasteiger partial charge in [0.05, 0.1) is 23.1 Å². The Labute approximate surface area is 101 Å². The van der Waals surface area contributed by atoms with Crippen molar-refractivity contribution in [1.29, 1.82) is 0 Å². The molecule has 0 bridgehead atoms. The van der Waals surface area contributed by atoms with Gasteiger partial charge in [-0.1, -0.05) is 0 Å². The summed E-state index contributed by atoms with van der Waals surface area (Å²) < 4.78 is 26.1. The van der Waals surface area contributed by atoms with E-state index in [1.54, 1.807) is 0 Å². The lowest BCUT2D eigenvalue weighted by atomic mass is 10.2. The molecule has 0 atom stereocenters. The molecule has 0 fully saturated rings. The summed E-state index contributed by atoms with van der Waals surface area (Å²) in [4.78, 5) is 14.4. The van der Waals surface area contributed by atoms with Gasteiger partial charge in [0.2, 0.25) is 0 Å². The fourth-order valence-electron chi connectivity index (χ4n) is 1.37. The second kappa shape index (κ2) is 4.79. The minimum atomic E-state index is -1.13. The molecule has 0 amide bonds. The molecule has 6 heteroatoms. The van der Waals surface area contributed by atoms with Crippen molar-refractivity contribution in [2.75, 3.05) is 5.32 Å². The van der Waals surface area contributed by atoms with Crippen LogP contribution in [-0.4, -0.2) is 16.1 Å². The molecule has 1 heterocycles. The molecule has 0 radical (unpaired) electrons. The maximum atomic E-state index is 13.4. The zero-order chi connectivity index (χ0) is 13.1. The number of carbonyl (C=O) groups is 1. The lowest BCUT2D eigenvalue weighted by Gasteiger charge is -2.07. The molecule has 0 aliphatic heterocycles. The molecular formula is C12H8F2N2O2. The lowest BCUT2D eigenvalue weighted by Crippen LogP contribution is -2.00. The Morgan fingerprint density at radius 3 is 2.67 bits per heavy atom. The van der Waals surface area contributed by atoms with Crippen LogP contribution < -0.4 is 5.32 Å². The van der Waals surface area contributed by atoms with Crippen molar-refractivity contribution in [2.24, 2.45) is 0 Å². The number of pyridine rings is 1. The van der Waals surface area contributed by atoms with Gasteiger partial charge in [0.25, 0.3) is 0 Å². The van der Waals surface area contributed by atoms with E-state index in [0.717, 1.165) is 12.1 Å². The van der Waals surface area contributed by atoms with Crippen molar-refractivity contribution >= 4 is 17.3 Å². The average Bonchev–Trinajstić information content (AvgIpc) is 2.33. The average molecular weight is 250 g/mol. The molecule has 18 heavy (non-hydrogen) atoms. The quantitative estimate of drug-likeness (QED) is 0.879. The van der Waals surface area contributed by atoms with E-state index in [-0.39, 0.29) is 11.3 Å². The van der Waals surface area contributed by atoms with Crippen LogP contribution in [0.3, 0.4) is 0 Å². The molecule has 0 saturated heterocycles. The van der Waals surface area contributed by atoms with Gasteiger partial charge in [-0.3, -0.25) is 4.98 Å². The van der Waals surface area contributed by atoms with Crippen molar-refractivity contribution in [3.63, 3.8) is 0 Å². The zero-order valence-electron chi connectivity index (χ0n) is 9.02. The van der Waals surface area contributed by atoms with Gasteiger partial charge >= 0.3 is 5.97 Å². The predicted molar refractivity (Wildman–Crippen MR) is 60.8 cm³/mol. The van der Waals surface area contributed by atoms with Gasteiger partial charge in [0, 0.05) is 12.3 Å². The standard InChI is InChI=1S/C12H8F2N2O2/c13-8-1-2-11(10(14)4-8)16-9-3-7(12(17)18)5-15-6-9/h1-6,16H,(H,17,18). The molecule has 4 nitrogen and oxygen atoms in total. The van der Waals surface area contributed by atoms with E-state index in [2.05, 4.69) is 10.3 Å². The Hall–Kier alpha value is -2.50. The van der Waals surface area contributed by atoms with Gasteiger partial charge in [0.1, 0.15) is 11.6 Å². The molecule has 2 aromatic rings. The Kier molecular flexibility index (Phi) is 3.18. The minimum Gasteiger partial charge on any atom is -0.478 e. The Morgan fingerprint density at radius 2 is 2.00 bits per heavy atom. The first-order valence-corrected chi connectivity index (χ1v) is 4.96. The summed E-state index contributed by atoms with van der Waals surface area (Å²) in [7, 11) is 0. The summed E-state index contributed by atoms with van der Waals surface area (Å²) >= 11 is 0. The SMILES string of the molecule is O=C(O)c1cncc(Nc2ccc(F)cc2F)c1. The summed E-state index contributed by atoms with van der Waals surface area (Å²) in [5, 5.41) is 11.4. The molecule has 0 spiro atoms. The molecule has 92 valence electrons. The highest BCUT2D eigenvalue weighted by atomic mass is 19.1. The van der Waals surface area contributed by atoms with Crippen LogP contribution in [0.25, 0.3) is 0 Å². The number of halogens is 2. The van der Waals surface area contributed by atoms with Crippen LogP contribution in [0.5, 0.6) is 0 Å². The van der Waals surface area contributed by atoms with Gasteiger partial charge in [-0.2, -0.15) is 0 Å². The van der Waals surface area contributed by atoms with Crippen molar-refractivity contribution in [1.82, 2.24) is 4.98 Å². The summed E-state index contributed by atoms with van der Waals surface area (Å²) in [6, 6.07) is 4.35. The normalized spacial score (nSPS) is 10.1. The highest BCUT2D eigenvalue weighted by Crippen LogP contribution is 2.20. The van der Waals surface area contributed by atoms with Gasteiger partial charge in [-0.15, -0.1) is 0 Å². The smallest absolute Gasteiger partial charge is 0.337 e. The van der Waals surface area contributed by atoms with Gasteiger partial charge in [-0.25, -0.2) is 13.6 Å². The number of benzene rings is 1. The first kappa shape index (κ1) is 12.0. The van der Waals surface area contributed by atoms with E-state index in [1.165, 1.54) is 24.5 Å². The third-order valence-electron chi connectivity index (χ3n) is 2.20. The number of aromatic carboxylic acids is 1. The Morgan fingerprint density at radius 1 is 1.22 bits per heavy atom. The van der Waals surface area contributed by atoms with Crippen LogP contribution in [-0.2, 0) is 0 Å². The summed E-state index contributed by atoms with van der Waals surface area (Å²) in [5.74, 6) is -2.59. The van der Waals surface area contributed by atoms with E-state index in [1.807, 2.05) is 0 Å². The van der Waals surface area contributed by atoms with Crippen molar-refractivity contribution in [3.8, 4) is 0 Å². The van der Waals surface area contributed by atoms with Crippen LogP contribution in [0.2, 0.25) is 0 Å². The molecule has 0 unspecified atom stereocenters. The van der Waals surface area contributed by atoms with E-state index in [0.29, 0.717) is 5.69 Å². The number of hydrogen-bond donors (Lipinski definition) is 2. The first-order chi connectivity index (χ1) is 8.56. The molecule has 2 N–H and O–H groups in total. The predicted octanol–water partition coefficient (Wildman–Crippen LogP) is 2.80. The first-order valence-electron chi connectivity index (χ1n) is 4.96. The van der Waals surface area contributed by atoms with Gasteiger partial charge in [-0.05, 0) is 18.2 Å². The minimum absolute atomic E-state index is 0.0254. The Balaban J connectivity index is 2.28. The number of hydrogen-bond acceptors (Lipinski definition) is 3. The maximum absolute atomic E-state index is 13.4. The number of nitrogens with zero attached hydrogens (tertiary/aromatic N) is 1. The van der Waals surface area contributed by atoms with Crippen LogP contribution in [0.15, 0.2) is 36.7 Å².